The lowest BCUT2D eigenvalue weighted by atomic mass is 10.3. The summed E-state index contributed by atoms with van der Waals surface area (Å²) in [6.45, 7) is 0. The smallest absolute Gasteiger partial charge is 0.358 e. The average Bonchev–Trinajstić information content (AvgIpc) is 2.03. The standard InChI is InChI=1S/C6H4F3NO4S2/c7-15(8,11)10-5-1-3-6(4-2-5)14-16(9,12)13/h1-4H. The molecule has 0 spiro atoms. The minimum absolute atomic E-state index is 0.349. The summed E-state index contributed by atoms with van der Waals surface area (Å²) in [5, 5.41) is 0. The average molecular weight is 275 g/mol. The molecule has 0 saturated heterocycles. The van der Waals surface area contributed by atoms with E-state index in [1.54, 1.807) is 0 Å². The molecule has 0 amide bonds. The van der Waals surface area contributed by atoms with Crippen LogP contribution in [0.2, 0.25) is 0 Å². The van der Waals surface area contributed by atoms with Crippen molar-refractivity contribution < 1.29 is 28.5 Å². The van der Waals surface area contributed by atoms with Crippen LogP contribution in [0, 0.1) is 0 Å². The van der Waals surface area contributed by atoms with E-state index in [-0.39, 0.29) is 5.69 Å². The molecule has 0 heterocycles. The van der Waals surface area contributed by atoms with Gasteiger partial charge in [-0.3, -0.25) is 0 Å². The van der Waals surface area contributed by atoms with Gasteiger partial charge in [0.1, 0.15) is 5.75 Å². The van der Waals surface area contributed by atoms with Crippen LogP contribution in [0.15, 0.2) is 28.6 Å². The van der Waals surface area contributed by atoms with Crippen molar-refractivity contribution in [3.05, 3.63) is 24.3 Å². The lowest BCUT2D eigenvalue weighted by Crippen LogP contribution is -2.00. The fourth-order valence-corrected chi connectivity index (χ4v) is 1.51. The van der Waals surface area contributed by atoms with E-state index in [1.165, 1.54) is 0 Å². The molecule has 0 atom stereocenters. The molecule has 0 aliphatic heterocycles. The van der Waals surface area contributed by atoms with E-state index in [2.05, 4.69) is 8.55 Å². The second-order valence-electron chi connectivity index (χ2n) is 2.46. The summed E-state index contributed by atoms with van der Waals surface area (Å²) in [6.07, 6.45) is 0. The highest BCUT2D eigenvalue weighted by molar-refractivity contribution is 7.83. The van der Waals surface area contributed by atoms with Crippen LogP contribution in [0.25, 0.3) is 0 Å². The van der Waals surface area contributed by atoms with Crippen LogP contribution in [0.3, 0.4) is 0 Å². The van der Waals surface area contributed by atoms with Crippen LogP contribution in [0.1, 0.15) is 0 Å². The van der Waals surface area contributed by atoms with Crippen molar-refractivity contribution in [1.29, 1.82) is 0 Å². The van der Waals surface area contributed by atoms with Crippen molar-refractivity contribution in [2.45, 2.75) is 0 Å². The lowest BCUT2D eigenvalue weighted by molar-refractivity contribution is 0.440. The predicted molar refractivity (Wildman–Crippen MR) is 49.5 cm³/mol. The molecule has 1 aromatic carbocycles. The van der Waals surface area contributed by atoms with Gasteiger partial charge in [0.15, 0.2) is 0 Å². The molecule has 0 unspecified atom stereocenters. The van der Waals surface area contributed by atoms with E-state index < -0.39 is 26.8 Å². The Morgan fingerprint density at radius 1 is 1.00 bits per heavy atom. The highest BCUT2D eigenvalue weighted by atomic mass is 32.3. The maximum Gasteiger partial charge on any atom is 0.488 e. The quantitative estimate of drug-likeness (QED) is 0.792. The number of hydrogen-bond acceptors (Lipinski definition) is 5. The first-order valence-electron chi connectivity index (χ1n) is 3.56. The third-order valence-electron chi connectivity index (χ3n) is 1.24. The van der Waals surface area contributed by atoms with E-state index in [4.69, 9.17) is 0 Å². The normalized spacial score (nSPS) is 12.2. The summed E-state index contributed by atoms with van der Waals surface area (Å²) in [6, 6.07) is 3.58. The number of benzene rings is 1. The molecule has 10 heteroatoms. The first kappa shape index (κ1) is 12.8. The van der Waals surface area contributed by atoms with Crippen LogP contribution in [-0.4, -0.2) is 12.6 Å². The first-order chi connectivity index (χ1) is 7.16. The van der Waals surface area contributed by atoms with Gasteiger partial charge in [-0.25, -0.2) is 0 Å². The van der Waals surface area contributed by atoms with Crippen LogP contribution in [0.4, 0.5) is 17.3 Å². The van der Waals surface area contributed by atoms with Gasteiger partial charge in [0.25, 0.3) is 0 Å². The Labute approximate surface area is 90.0 Å². The summed E-state index contributed by atoms with van der Waals surface area (Å²) in [7, 11) is -10.4. The van der Waals surface area contributed by atoms with E-state index >= 15 is 0 Å². The highest BCUT2D eigenvalue weighted by Crippen LogP contribution is 2.21. The number of nitrogens with zero attached hydrogens (tertiary/aromatic N) is 1. The largest absolute Gasteiger partial charge is 0.488 e. The molecular weight excluding hydrogens is 271 g/mol. The molecule has 0 aliphatic rings. The van der Waals surface area contributed by atoms with E-state index in [0.29, 0.717) is 0 Å². The van der Waals surface area contributed by atoms with E-state index in [9.17, 15) is 24.3 Å². The monoisotopic (exact) mass is 275 g/mol. The third kappa shape index (κ3) is 4.98. The maximum absolute atomic E-state index is 12.0. The molecule has 16 heavy (non-hydrogen) atoms. The van der Waals surface area contributed by atoms with Crippen LogP contribution in [0.5, 0.6) is 5.75 Å². The summed E-state index contributed by atoms with van der Waals surface area (Å²) < 4.78 is 72.3. The third-order valence-corrected chi connectivity index (χ3v) is 2.06. The van der Waals surface area contributed by atoms with Crippen molar-refractivity contribution in [3.8, 4) is 5.75 Å². The topological polar surface area (TPSA) is 72.8 Å². The Morgan fingerprint density at radius 3 is 1.88 bits per heavy atom. The summed E-state index contributed by atoms with van der Waals surface area (Å²) in [5.74, 6) is -0.411. The Hall–Kier alpha value is -1.29. The molecule has 0 aliphatic carbocycles. The zero-order chi connectivity index (χ0) is 12.4. The summed E-state index contributed by atoms with van der Waals surface area (Å²) >= 11 is 0. The summed E-state index contributed by atoms with van der Waals surface area (Å²) in [4.78, 5) is 0. The summed E-state index contributed by atoms with van der Waals surface area (Å²) in [5.41, 5.74) is -0.349. The number of hydrogen-bond donors (Lipinski definition) is 0. The molecule has 90 valence electrons. The van der Waals surface area contributed by atoms with E-state index in [1.807, 2.05) is 0 Å². The molecular formula is C6H4F3NO4S2. The van der Waals surface area contributed by atoms with Gasteiger partial charge >= 0.3 is 21.0 Å². The van der Waals surface area contributed by atoms with E-state index in [0.717, 1.165) is 24.3 Å². The van der Waals surface area contributed by atoms with Crippen molar-refractivity contribution in [1.82, 2.24) is 0 Å². The highest BCUT2D eigenvalue weighted by Gasteiger charge is 2.09. The zero-order valence-electron chi connectivity index (χ0n) is 7.34. The number of halogens is 3. The minimum atomic E-state index is -5.28. The van der Waals surface area contributed by atoms with Crippen molar-refractivity contribution in [3.63, 3.8) is 0 Å². The molecule has 0 aromatic heterocycles. The van der Waals surface area contributed by atoms with Gasteiger partial charge in [0.05, 0.1) is 5.69 Å². The Bertz CT molecular complexity index is 581. The molecule has 0 N–H and O–H groups in total. The second-order valence-corrected chi connectivity index (χ2v) is 4.39. The second kappa shape index (κ2) is 4.29. The van der Waals surface area contributed by atoms with Gasteiger partial charge in [0.2, 0.25) is 0 Å². The van der Waals surface area contributed by atoms with Gasteiger partial charge in [-0.15, -0.1) is 4.36 Å². The van der Waals surface area contributed by atoms with Gasteiger partial charge in [-0.1, -0.05) is 11.7 Å². The predicted octanol–water partition coefficient (Wildman–Crippen LogP) is 2.15. The molecule has 5 nitrogen and oxygen atoms in total. The maximum atomic E-state index is 12.0. The molecule has 1 aromatic rings. The van der Waals surface area contributed by atoms with Crippen LogP contribution >= 0.6 is 0 Å². The fraction of sp³-hybridized carbons (Fsp3) is 0. The van der Waals surface area contributed by atoms with Gasteiger partial charge in [-0.05, 0) is 24.3 Å². The minimum Gasteiger partial charge on any atom is -0.358 e. The van der Waals surface area contributed by atoms with Crippen LogP contribution < -0.4 is 4.18 Å². The first-order valence-corrected chi connectivity index (χ1v) is 6.19. The SMILES string of the molecule is O=S(=O)(F)Oc1ccc(N=S(=O)(F)F)cc1. The van der Waals surface area contributed by atoms with Crippen molar-refractivity contribution in [2.75, 3.05) is 0 Å². The fourth-order valence-electron chi connectivity index (χ4n) is 0.800. The zero-order valence-corrected chi connectivity index (χ0v) is 8.97. The van der Waals surface area contributed by atoms with Crippen molar-refractivity contribution in [2.24, 2.45) is 4.36 Å². The molecule has 0 saturated carbocycles. The van der Waals surface area contributed by atoms with Gasteiger partial charge in [-0.2, -0.15) is 12.6 Å². The molecule has 0 radical (unpaired) electrons. The van der Waals surface area contributed by atoms with Gasteiger partial charge in [0, 0.05) is 0 Å². The Balaban J connectivity index is 2.97. The Kier molecular flexibility index (Phi) is 3.43. The van der Waals surface area contributed by atoms with Crippen LogP contribution in [-0.2, 0) is 21.0 Å². The Morgan fingerprint density at radius 2 is 1.50 bits per heavy atom. The number of rotatable bonds is 3. The molecule has 0 bridgehead atoms. The molecule has 0 fully saturated rings. The lowest BCUT2D eigenvalue weighted by Gasteiger charge is -1.99. The molecule has 1 rings (SSSR count). The van der Waals surface area contributed by atoms with Crippen molar-refractivity contribution >= 4 is 26.7 Å². The van der Waals surface area contributed by atoms with Gasteiger partial charge < -0.3 is 4.18 Å².